The quantitative estimate of drug-likeness (QED) is 0.707. The normalized spacial score (nSPS) is 10.5. The fourth-order valence-electron chi connectivity index (χ4n) is 1.84. The lowest BCUT2D eigenvalue weighted by Gasteiger charge is -2.04. The first-order valence-electron chi connectivity index (χ1n) is 6.23. The van der Waals surface area contributed by atoms with Crippen LogP contribution in [0.4, 0.5) is 5.69 Å². The second-order valence-electron chi connectivity index (χ2n) is 4.39. The Morgan fingerprint density at radius 2 is 2.19 bits per heavy atom. The van der Waals surface area contributed by atoms with Gasteiger partial charge in [-0.15, -0.1) is 11.3 Å². The van der Waals surface area contributed by atoms with Crippen LogP contribution in [0.5, 0.6) is 0 Å². The summed E-state index contributed by atoms with van der Waals surface area (Å²) < 4.78 is 0.939. The summed E-state index contributed by atoms with van der Waals surface area (Å²) in [5.74, 6) is -0.0599. The van der Waals surface area contributed by atoms with E-state index in [2.05, 4.69) is 31.6 Å². The number of aromatic nitrogens is 1. The topological polar surface area (TPSA) is 42.0 Å². The van der Waals surface area contributed by atoms with Gasteiger partial charge in [-0.25, -0.2) is 4.98 Å². The minimum Gasteiger partial charge on any atom is -0.326 e. The van der Waals surface area contributed by atoms with Gasteiger partial charge in [0.05, 0.1) is 12.1 Å². The van der Waals surface area contributed by atoms with Gasteiger partial charge in [-0.1, -0.05) is 22.0 Å². The van der Waals surface area contributed by atoms with Crippen molar-refractivity contribution in [2.45, 2.75) is 6.42 Å². The molecule has 1 amide bonds. The van der Waals surface area contributed by atoms with Crippen molar-refractivity contribution < 1.29 is 4.79 Å². The van der Waals surface area contributed by atoms with Crippen LogP contribution >= 0.6 is 38.6 Å². The van der Waals surface area contributed by atoms with E-state index in [-0.39, 0.29) is 12.3 Å². The third kappa shape index (κ3) is 3.78. The minimum absolute atomic E-state index is 0.0599. The molecule has 0 unspecified atom stereocenters. The molecule has 1 aromatic carbocycles. The van der Waals surface area contributed by atoms with Gasteiger partial charge in [0.2, 0.25) is 5.91 Å². The molecule has 106 valence electrons. The molecular formula is C15H11BrN2OS2. The molecule has 3 aromatic rings. The number of halogens is 1. The third-order valence-corrected chi connectivity index (χ3v) is 4.89. The molecule has 0 aliphatic carbocycles. The van der Waals surface area contributed by atoms with Crippen molar-refractivity contribution in [2.75, 3.05) is 5.32 Å². The fraction of sp³-hybridized carbons (Fsp3) is 0.0667. The maximum absolute atomic E-state index is 12.0. The molecule has 0 atom stereocenters. The van der Waals surface area contributed by atoms with E-state index in [9.17, 15) is 4.79 Å². The van der Waals surface area contributed by atoms with Crippen molar-refractivity contribution in [1.29, 1.82) is 0 Å². The van der Waals surface area contributed by atoms with Gasteiger partial charge >= 0.3 is 0 Å². The summed E-state index contributed by atoms with van der Waals surface area (Å²) in [5, 5.41) is 9.85. The van der Waals surface area contributed by atoms with Crippen molar-refractivity contribution >= 4 is 50.2 Å². The molecule has 3 rings (SSSR count). The standard InChI is InChI=1S/C15H11BrN2OS2/c16-11-2-1-3-12(6-11)17-14(19)7-13-9-21-15(18-13)10-4-5-20-8-10/h1-6,8-9H,7H2,(H,17,19). The Hall–Kier alpha value is -1.50. The van der Waals surface area contributed by atoms with E-state index in [1.165, 1.54) is 0 Å². The van der Waals surface area contributed by atoms with E-state index in [1.54, 1.807) is 22.7 Å². The second-order valence-corrected chi connectivity index (χ2v) is 6.95. The highest BCUT2D eigenvalue weighted by Crippen LogP contribution is 2.26. The molecule has 0 aliphatic rings. The Morgan fingerprint density at radius 3 is 2.95 bits per heavy atom. The first kappa shape index (κ1) is 14.4. The van der Waals surface area contributed by atoms with Crippen molar-refractivity contribution in [2.24, 2.45) is 0 Å². The molecule has 6 heteroatoms. The maximum atomic E-state index is 12.0. The fourth-order valence-corrected chi connectivity index (χ4v) is 3.77. The monoisotopic (exact) mass is 378 g/mol. The number of carbonyl (C=O) groups excluding carboxylic acids is 1. The molecule has 0 radical (unpaired) electrons. The summed E-state index contributed by atoms with van der Waals surface area (Å²) in [6.07, 6.45) is 0.285. The van der Waals surface area contributed by atoms with Crippen molar-refractivity contribution in [1.82, 2.24) is 4.98 Å². The molecule has 0 fully saturated rings. The van der Waals surface area contributed by atoms with E-state index < -0.39 is 0 Å². The lowest BCUT2D eigenvalue weighted by Crippen LogP contribution is -2.14. The van der Waals surface area contributed by atoms with Gasteiger partial charge in [0.25, 0.3) is 0 Å². The highest BCUT2D eigenvalue weighted by atomic mass is 79.9. The van der Waals surface area contributed by atoms with Crippen molar-refractivity contribution in [3.8, 4) is 10.6 Å². The van der Waals surface area contributed by atoms with Gasteiger partial charge < -0.3 is 5.32 Å². The van der Waals surface area contributed by atoms with Crippen molar-refractivity contribution in [3.63, 3.8) is 0 Å². The highest BCUT2D eigenvalue weighted by molar-refractivity contribution is 9.10. The predicted molar refractivity (Wildman–Crippen MR) is 91.9 cm³/mol. The Bertz CT molecular complexity index is 753. The van der Waals surface area contributed by atoms with Crippen LogP contribution in [-0.2, 0) is 11.2 Å². The third-order valence-electron chi connectivity index (χ3n) is 2.77. The summed E-state index contributed by atoms with van der Waals surface area (Å²) in [4.78, 5) is 16.5. The first-order valence-corrected chi connectivity index (χ1v) is 8.84. The van der Waals surface area contributed by atoms with E-state index in [0.29, 0.717) is 0 Å². The van der Waals surface area contributed by atoms with Crippen molar-refractivity contribution in [3.05, 3.63) is 56.6 Å². The molecule has 0 spiro atoms. The average Bonchev–Trinajstić information content (AvgIpc) is 3.08. The summed E-state index contributed by atoms with van der Waals surface area (Å²) in [6, 6.07) is 9.57. The van der Waals surface area contributed by atoms with Crippen LogP contribution in [-0.4, -0.2) is 10.9 Å². The average molecular weight is 379 g/mol. The van der Waals surface area contributed by atoms with Gasteiger partial charge in [-0.2, -0.15) is 11.3 Å². The molecule has 0 bridgehead atoms. The lowest BCUT2D eigenvalue weighted by molar-refractivity contribution is -0.115. The van der Waals surface area contributed by atoms with Crippen LogP contribution < -0.4 is 5.32 Å². The second kappa shape index (κ2) is 6.51. The number of nitrogens with one attached hydrogen (secondary N) is 1. The number of nitrogens with zero attached hydrogens (tertiary/aromatic N) is 1. The number of anilines is 1. The van der Waals surface area contributed by atoms with Gasteiger partial charge in [0.1, 0.15) is 5.01 Å². The van der Waals surface area contributed by atoms with Crippen LogP contribution in [0.25, 0.3) is 10.6 Å². The van der Waals surface area contributed by atoms with Crippen LogP contribution in [0.2, 0.25) is 0 Å². The van der Waals surface area contributed by atoms with E-state index >= 15 is 0 Å². The number of thiazole rings is 1. The zero-order chi connectivity index (χ0) is 14.7. The molecule has 3 nitrogen and oxygen atoms in total. The van der Waals surface area contributed by atoms with Crippen LogP contribution in [0.3, 0.4) is 0 Å². The summed E-state index contributed by atoms with van der Waals surface area (Å²) >= 11 is 6.59. The zero-order valence-corrected chi connectivity index (χ0v) is 14.1. The first-order chi connectivity index (χ1) is 10.2. The largest absolute Gasteiger partial charge is 0.326 e. The molecule has 2 heterocycles. The number of thiophene rings is 1. The van der Waals surface area contributed by atoms with E-state index in [1.807, 2.05) is 41.1 Å². The Morgan fingerprint density at radius 1 is 1.29 bits per heavy atom. The van der Waals surface area contributed by atoms with Crippen LogP contribution in [0.1, 0.15) is 5.69 Å². The Kier molecular flexibility index (Phi) is 4.48. The molecule has 21 heavy (non-hydrogen) atoms. The van der Waals surface area contributed by atoms with Gasteiger partial charge in [0.15, 0.2) is 0 Å². The number of rotatable bonds is 4. The molecule has 2 aromatic heterocycles. The molecule has 0 saturated heterocycles. The molecular weight excluding hydrogens is 368 g/mol. The Balaban J connectivity index is 1.65. The molecule has 1 N–H and O–H groups in total. The summed E-state index contributed by atoms with van der Waals surface area (Å²) in [5.41, 5.74) is 2.69. The SMILES string of the molecule is O=C(Cc1csc(-c2ccsc2)n1)Nc1cccc(Br)c1. The summed E-state index contributed by atoms with van der Waals surface area (Å²) in [6.45, 7) is 0. The predicted octanol–water partition coefficient (Wildman–Crippen LogP) is 4.82. The zero-order valence-electron chi connectivity index (χ0n) is 10.9. The van der Waals surface area contributed by atoms with Crippen LogP contribution in [0.15, 0.2) is 50.9 Å². The smallest absolute Gasteiger partial charge is 0.230 e. The maximum Gasteiger partial charge on any atom is 0.230 e. The van der Waals surface area contributed by atoms with Gasteiger partial charge in [-0.3, -0.25) is 4.79 Å². The molecule has 0 aliphatic heterocycles. The molecule has 0 saturated carbocycles. The Labute approximate surface area is 138 Å². The number of carbonyl (C=O) groups is 1. The summed E-state index contributed by atoms with van der Waals surface area (Å²) in [7, 11) is 0. The number of hydrogen-bond acceptors (Lipinski definition) is 4. The lowest BCUT2D eigenvalue weighted by atomic mass is 10.3. The van der Waals surface area contributed by atoms with E-state index in [4.69, 9.17) is 0 Å². The number of benzene rings is 1. The van der Waals surface area contributed by atoms with E-state index in [0.717, 1.165) is 26.4 Å². The van der Waals surface area contributed by atoms with Crippen LogP contribution in [0, 0.1) is 0 Å². The number of amides is 1. The van der Waals surface area contributed by atoms with Gasteiger partial charge in [-0.05, 0) is 29.6 Å². The highest BCUT2D eigenvalue weighted by Gasteiger charge is 2.09. The minimum atomic E-state index is -0.0599. The van der Waals surface area contributed by atoms with Gasteiger partial charge in [0, 0.05) is 26.5 Å². The number of hydrogen-bond donors (Lipinski definition) is 1.